The Bertz CT molecular complexity index is 963. The highest BCUT2D eigenvalue weighted by atomic mass is 16.5. The first-order valence-electron chi connectivity index (χ1n) is 14.5. The summed E-state index contributed by atoms with van der Waals surface area (Å²) in [5.74, 6) is 3.87. The van der Waals surface area contributed by atoms with Crippen molar-refractivity contribution in [1.82, 2.24) is 0 Å². The number of fused-ring (bicyclic) bond motifs is 4. The number of rotatable bonds is 4. The Hall–Kier alpha value is -1.93. The molecule has 0 N–H and O–H groups in total. The van der Waals surface area contributed by atoms with Crippen LogP contribution in [0.4, 0.5) is 0 Å². The van der Waals surface area contributed by atoms with Crippen LogP contribution < -0.4 is 0 Å². The third-order valence-electron chi connectivity index (χ3n) is 9.28. The van der Waals surface area contributed by atoms with E-state index < -0.39 is 0 Å². The van der Waals surface area contributed by atoms with E-state index in [9.17, 15) is 4.79 Å². The van der Waals surface area contributed by atoms with Gasteiger partial charge in [-0.25, -0.2) is 0 Å². The monoisotopic (exact) mass is 490 g/mol. The lowest BCUT2D eigenvalue weighted by molar-refractivity contribution is -0.114. The van der Waals surface area contributed by atoms with Crippen molar-refractivity contribution in [1.29, 1.82) is 0 Å². The number of methoxy groups -OCH3 is 1. The molecule has 2 nitrogen and oxygen atoms in total. The first-order chi connectivity index (χ1) is 17.3. The van der Waals surface area contributed by atoms with E-state index in [4.69, 9.17) is 4.74 Å². The number of carbonyl (C=O) groups is 1. The quantitative estimate of drug-likeness (QED) is 0.420. The third-order valence-corrected chi connectivity index (χ3v) is 9.28. The van der Waals surface area contributed by atoms with Crippen molar-refractivity contribution < 1.29 is 9.53 Å². The molecule has 1 aromatic carbocycles. The van der Waals surface area contributed by atoms with Crippen LogP contribution in [-0.2, 0) is 9.53 Å². The van der Waals surface area contributed by atoms with E-state index in [1.165, 1.54) is 42.4 Å². The van der Waals surface area contributed by atoms with Gasteiger partial charge in [-0.3, -0.25) is 4.79 Å². The number of allylic oxidation sites excluding steroid dienone is 4. The average molecular weight is 491 g/mol. The molecule has 0 aliphatic heterocycles. The van der Waals surface area contributed by atoms with Gasteiger partial charge in [0.2, 0.25) is 0 Å². The molecule has 0 amide bonds. The van der Waals surface area contributed by atoms with Crippen molar-refractivity contribution in [2.24, 2.45) is 29.1 Å². The molecule has 5 unspecified atom stereocenters. The predicted molar refractivity (Wildman–Crippen MR) is 154 cm³/mol. The minimum absolute atomic E-state index is 0.333. The minimum Gasteiger partial charge on any atom is -0.384 e. The van der Waals surface area contributed by atoms with Gasteiger partial charge in [0.05, 0.1) is 0 Å². The number of hydrogen-bond donors (Lipinski definition) is 0. The number of benzene rings is 1. The maximum absolute atomic E-state index is 12.1. The second kappa shape index (κ2) is 12.5. The molecule has 4 aliphatic rings. The summed E-state index contributed by atoms with van der Waals surface area (Å²) < 4.78 is 4.80. The van der Waals surface area contributed by atoms with Crippen molar-refractivity contribution in [2.75, 3.05) is 13.7 Å². The molecule has 1 aromatic rings. The van der Waals surface area contributed by atoms with Crippen molar-refractivity contribution in [3.63, 3.8) is 0 Å². The lowest BCUT2D eigenvalue weighted by atomic mass is 9.52. The van der Waals surface area contributed by atoms with Crippen LogP contribution in [-0.4, -0.2) is 19.5 Å². The summed E-state index contributed by atoms with van der Waals surface area (Å²) in [4.78, 5) is 12.1. The van der Waals surface area contributed by atoms with E-state index in [1.807, 2.05) is 26.0 Å². The standard InChI is InChI=1S/C27H32O.C5H12O.C2H6/c1-4-18-6-8-19(9-7-18)24-16-27(3)17(2)5-14-25(27)23-12-10-20-15-21(28)11-13-22(20)26(23)24;1-5(2)4-6-3;1-2/h4,6-9,15,17,23-25H,1,5,10-14,16H2,2-3H3;5H,4H2,1-3H3;1-2H3. The lowest BCUT2D eigenvalue weighted by Gasteiger charge is -2.52. The summed E-state index contributed by atoms with van der Waals surface area (Å²) in [7, 11) is 1.72. The van der Waals surface area contributed by atoms with Gasteiger partial charge in [0.15, 0.2) is 5.78 Å². The van der Waals surface area contributed by atoms with E-state index >= 15 is 0 Å². The van der Waals surface area contributed by atoms with E-state index in [1.54, 1.807) is 18.3 Å². The van der Waals surface area contributed by atoms with Crippen LogP contribution in [0.15, 0.2) is 53.6 Å². The first-order valence-corrected chi connectivity index (χ1v) is 14.5. The van der Waals surface area contributed by atoms with Gasteiger partial charge in [0.1, 0.15) is 0 Å². The highest BCUT2D eigenvalue weighted by Crippen LogP contribution is 2.65. The SMILES string of the molecule is C=Cc1ccc(C2CC3(C)C(C)CCC3C3CCC4=CC(=O)CCC4=C23)cc1.CC.COCC(C)C. The lowest BCUT2D eigenvalue weighted by Crippen LogP contribution is -2.42. The molecular formula is C34H50O2. The zero-order valence-electron chi connectivity index (χ0n) is 24.0. The normalized spacial score (nSPS) is 30.7. The zero-order chi connectivity index (χ0) is 26.5. The van der Waals surface area contributed by atoms with E-state index in [2.05, 4.69) is 58.5 Å². The highest BCUT2D eigenvalue weighted by Gasteiger charge is 2.55. The Morgan fingerprint density at radius 3 is 2.36 bits per heavy atom. The molecule has 2 heteroatoms. The first kappa shape index (κ1) is 28.6. The topological polar surface area (TPSA) is 26.3 Å². The van der Waals surface area contributed by atoms with Crippen LogP contribution in [0, 0.1) is 29.1 Å². The zero-order valence-corrected chi connectivity index (χ0v) is 24.0. The molecule has 0 bridgehead atoms. The largest absolute Gasteiger partial charge is 0.384 e. The van der Waals surface area contributed by atoms with Gasteiger partial charge in [-0.05, 0) is 96.0 Å². The van der Waals surface area contributed by atoms with Gasteiger partial charge in [0, 0.05) is 26.1 Å². The Morgan fingerprint density at radius 2 is 1.78 bits per heavy atom. The van der Waals surface area contributed by atoms with Crippen LogP contribution in [0.25, 0.3) is 6.08 Å². The molecule has 4 aliphatic carbocycles. The Morgan fingerprint density at radius 1 is 1.08 bits per heavy atom. The fourth-order valence-corrected chi connectivity index (χ4v) is 7.40. The van der Waals surface area contributed by atoms with Crippen molar-refractivity contribution in [3.05, 3.63) is 64.8 Å². The van der Waals surface area contributed by atoms with E-state index in [0.29, 0.717) is 35.4 Å². The molecule has 0 aromatic heterocycles. The maximum Gasteiger partial charge on any atom is 0.156 e. The number of ether oxygens (including phenoxy) is 1. The molecule has 5 atom stereocenters. The smallest absolute Gasteiger partial charge is 0.156 e. The van der Waals surface area contributed by atoms with Gasteiger partial charge in [-0.2, -0.15) is 0 Å². The molecule has 5 rings (SSSR count). The fraction of sp³-hybridized carbons (Fsp3) is 0.618. The summed E-state index contributed by atoms with van der Waals surface area (Å²) in [5, 5.41) is 0. The van der Waals surface area contributed by atoms with E-state index in [0.717, 1.165) is 31.3 Å². The maximum atomic E-state index is 12.1. The molecular weight excluding hydrogens is 440 g/mol. The van der Waals surface area contributed by atoms with Crippen LogP contribution in [0.1, 0.15) is 104 Å². The predicted octanol–water partition coefficient (Wildman–Crippen LogP) is 9.18. The van der Waals surface area contributed by atoms with Crippen molar-refractivity contribution in [3.8, 4) is 0 Å². The summed E-state index contributed by atoms with van der Waals surface area (Å²) in [6, 6.07) is 9.11. The van der Waals surface area contributed by atoms with Gasteiger partial charge >= 0.3 is 0 Å². The van der Waals surface area contributed by atoms with Crippen LogP contribution in [0.2, 0.25) is 0 Å². The highest BCUT2D eigenvalue weighted by molar-refractivity contribution is 5.93. The third kappa shape index (κ3) is 5.80. The number of ketones is 1. The average Bonchev–Trinajstić information content (AvgIpc) is 3.18. The Balaban J connectivity index is 0.000000399. The summed E-state index contributed by atoms with van der Waals surface area (Å²) >= 11 is 0. The molecule has 0 heterocycles. The Labute approximate surface area is 221 Å². The molecule has 198 valence electrons. The summed E-state index contributed by atoms with van der Waals surface area (Å²) in [5.41, 5.74) is 7.75. The van der Waals surface area contributed by atoms with Gasteiger partial charge in [-0.15, -0.1) is 0 Å². The second-order valence-electron chi connectivity index (χ2n) is 11.8. The van der Waals surface area contributed by atoms with Crippen LogP contribution in [0.3, 0.4) is 0 Å². The molecule has 0 spiro atoms. The van der Waals surface area contributed by atoms with Crippen molar-refractivity contribution >= 4 is 11.9 Å². The molecule has 2 saturated carbocycles. The van der Waals surface area contributed by atoms with Gasteiger partial charge < -0.3 is 4.74 Å². The molecule has 2 fully saturated rings. The minimum atomic E-state index is 0.333. The van der Waals surface area contributed by atoms with Crippen LogP contribution in [0.5, 0.6) is 0 Å². The van der Waals surface area contributed by atoms with Crippen LogP contribution >= 0.6 is 0 Å². The number of hydrogen-bond acceptors (Lipinski definition) is 2. The summed E-state index contributed by atoms with van der Waals surface area (Å²) in [6.45, 7) is 18.1. The van der Waals surface area contributed by atoms with Crippen molar-refractivity contribution in [2.45, 2.75) is 92.4 Å². The molecule has 36 heavy (non-hydrogen) atoms. The van der Waals surface area contributed by atoms with Gasteiger partial charge in [0.25, 0.3) is 0 Å². The molecule has 0 radical (unpaired) electrons. The number of carbonyl (C=O) groups excluding carboxylic acids is 1. The fourth-order valence-electron chi connectivity index (χ4n) is 7.40. The molecule has 0 saturated heterocycles. The van der Waals surface area contributed by atoms with E-state index in [-0.39, 0.29) is 0 Å². The summed E-state index contributed by atoms with van der Waals surface area (Å²) in [6.07, 6.45) is 12.0. The van der Waals surface area contributed by atoms with Gasteiger partial charge in [-0.1, -0.05) is 84.0 Å². The second-order valence-corrected chi connectivity index (χ2v) is 11.8. The Kier molecular flexibility index (Phi) is 9.98.